The molecule has 2 atom stereocenters. The average molecular weight is 291 g/mol. The zero-order valence-corrected chi connectivity index (χ0v) is 12.4. The number of nitro benzene ring substituents is 1. The third-order valence-corrected chi connectivity index (χ3v) is 4.00. The summed E-state index contributed by atoms with van der Waals surface area (Å²) in [5.41, 5.74) is 0.762. The molecule has 1 fully saturated rings. The van der Waals surface area contributed by atoms with Gasteiger partial charge in [0.05, 0.1) is 4.92 Å². The van der Waals surface area contributed by atoms with Crippen LogP contribution in [0.1, 0.15) is 43.5 Å². The maximum Gasteiger partial charge on any atom is 0.293 e. The zero-order valence-electron chi connectivity index (χ0n) is 12.4. The van der Waals surface area contributed by atoms with Crippen LogP contribution in [0.5, 0.6) is 0 Å². The largest absolute Gasteiger partial charge is 0.376 e. The molecule has 2 rings (SSSR count). The van der Waals surface area contributed by atoms with Crippen LogP contribution >= 0.6 is 0 Å². The van der Waals surface area contributed by atoms with E-state index in [0.29, 0.717) is 23.7 Å². The van der Waals surface area contributed by atoms with E-state index in [1.165, 1.54) is 6.07 Å². The second kappa shape index (κ2) is 6.56. The van der Waals surface area contributed by atoms with Gasteiger partial charge >= 0.3 is 0 Å². The van der Waals surface area contributed by atoms with Crippen LogP contribution in [0, 0.1) is 16.0 Å². The number of benzene rings is 1. The summed E-state index contributed by atoms with van der Waals surface area (Å²) in [4.78, 5) is 22.6. The lowest BCUT2D eigenvalue weighted by atomic mass is 10.1. The standard InChI is InChI=1S/C15H21N3O3/c1-3-16-15(19)11-7-8-13(14(9-11)18(20)21)17-12-6-4-5-10(12)2/h7-10,12,17H,3-6H2,1-2H3,(H,16,19). The molecule has 0 aliphatic heterocycles. The molecule has 21 heavy (non-hydrogen) atoms. The van der Waals surface area contributed by atoms with Gasteiger partial charge in [-0.15, -0.1) is 0 Å². The average Bonchev–Trinajstić information content (AvgIpc) is 2.84. The number of carbonyl (C=O) groups excluding carboxylic acids is 1. The van der Waals surface area contributed by atoms with Crippen molar-refractivity contribution in [3.63, 3.8) is 0 Å². The van der Waals surface area contributed by atoms with E-state index in [2.05, 4.69) is 17.6 Å². The fourth-order valence-electron chi connectivity index (χ4n) is 2.77. The van der Waals surface area contributed by atoms with E-state index >= 15 is 0 Å². The van der Waals surface area contributed by atoms with E-state index in [1.54, 1.807) is 12.1 Å². The van der Waals surface area contributed by atoms with Crippen LogP contribution in [0.3, 0.4) is 0 Å². The van der Waals surface area contributed by atoms with Crippen LogP contribution in [0.2, 0.25) is 0 Å². The van der Waals surface area contributed by atoms with Crippen molar-refractivity contribution in [2.45, 2.75) is 39.2 Å². The molecule has 1 aliphatic carbocycles. The molecule has 0 heterocycles. The predicted octanol–water partition coefficient (Wildman–Crippen LogP) is 2.95. The molecular weight excluding hydrogens is 270 g/mol. The molecule has 6 heteroatoms. The Bertz CT molecular complexity index is 545. The monoisotopic (exact) mass is 291 g/mol. The molecule has 1 aromatic rings. The first-order valence-corrected chi connectivity index (χ1v) is 7.36. The highest BCUT2D eigenvalue weighted by Crippen LogP contribution is 2.32. The van der Waals surface area contributed by atoms with Gasteiger partial charge in [-0.2, -0.15) is 0 Å². The SMILES string of the molecule is CCNC(=O)c1ccc(NC2CCCC2C)c([N+](=O)[O-])c1. The molecule has 6 nitrogen and oxygen atoms in total. The second-order valence-corrected chi connectivity index (χ2v) is 5.51. The van der Waals surface area contributed by atoms with Gasteiger partial charge in [-0.05, 0) is 37.8 Å². The summed E-state index contributed by atoms with van der Waals surface area (Å²) in [6, 6.07) is 4.86. The molecule has 114 valence electrons. The van der Waals surface area contributed by atoms with Crippen molar-refractivity contribution in [1.82, 2.24) is 5.32 Å². The van der Waals surface area contributed by atoms with Crippen LogP contribution in [0.25, 0.3) is 0 Å². The highest BCUT2D eigenvalue weighted by molar-refractivity contribution is 5.95. The highest BCUT2D eigenvalue weighted by Gasteiger charge is 2.26. The number of nitrogens with one attached hydrogen (secondary N) is 2. The molecule has 1 amide bonds. The summed E-state index contributed by atoms with van der Waals surface area (Å²) in [5, 5.41) is 17.2. The van der Waals surface area contributed by atoms with E-state index in [-0.39, 0.29) is 17.6 Å². The molecule has 0 saturated heterocycles. The Morgan fingerprint density at radius 3 is 2.76 bits per heavy atom. The van der Waals surface area contributed by atoms with Crippen LogP contribution in [0.15, 0.2) is 18.2 Å². The number of hydrogen-bond acceptors (Lipinski definition) is 4. The number of nitro groups is 1. The van der Waals surface area contributed by atoms with Gasteiger partial charge in [0.2, 0.25) is 0 Å². The Hall–Kier alpha value is -2.11. The summed E-state index contributed by atoms with van der Waals surface area (Å²) in [5.74, 6) is 0.217. The minimum absolute atomic E-state index is 0.0437. The van der Waals surface area contributed by atoms with Crippen LogP contribution in [-0.4, -0.2) is 23.4 Å². The molecule has 0 radical (unpaired) electrons. The minimum Gasteiger partial charge on any atom is -0.376 e. The summed E-state index contributed by atoms with van der Waals surface area (Å²) in [6.45, 7) is 4.45. The smallest absolute Gasteiger partial charge is 0.293 e. The number of rotatable bonds is 5. The van der Waals surface area contributed by atoms with Crippen LogP contribution in [0.4, 0.5) is 11.4 Å². The van der Waals surface area contributed by atoms with Crippen molar-refractivity contribution >= 4 is 17.3 Å². The van der Waals surface area contributed by atoms with Crippen molar-refractivity contribution in [3.05, 3.63) is 33.9 Å². The van der Waals surface area contributed by atoms with Crippen molar-refractivity contribution in [3.8, 4) is 0 Å². The summed E-state index contributed by atoms with van der Waals surface area (Å²) in [7, 11) is 0. The number of amides is 1. The van der Waals surface area contributed by atoms with E-state index < -0.39 is 4.92 Å². The van der Waals surface area contributed by atoms with Gasteiger partial charge in [-0.3, -0.25) is 14.9 Å². The van der Waals surface area contributed by atoms with Crippen molar-refractivity contribution in [2.24, 2.45) is 5.92 Å². The lowest BCUT2D eigenvalue weighted by molar-refractivity contribution is -0.384. The molecule has 2 unspecified atom stereocenters. The Balaban J connectivity index is 2.24. The van der Waals surface area contributed by atoms with Crippen LogP contribution < -0.4 is 10.6 Å². The topological polar surface area (TPSA) is 84.3 Å². The predicted molar refractivity (Wildman–Crippen MR) is 81.5 cm³/mol. The molecule has 2 N–H and O–H groups in total. The number of hydrogen-bond donors (Lipinski definition) is 2. The maximum absolute atomic E-state index is 11.8. The van der Waals surface area contributed by atoms with Crippen molar-refractivity contribution in [2.75, 3.05) is 11.9 Å². The fourth-order valence-corrected chi connectivity index (χ4v) is 2.77. The van der Waals surface area contributed by atoms with Gasteiger partial charge in [-0.25, -0.2) is 0 Å². The molecule has 0 bridgehead atoms. The third kappa shape index (κ3) is 3.51. The van der Waals surface area contributed by atoms with Gasteiger partial charge in [0.1, 0.15) is 5.69 Å². The lowest BCUT2D eigenvalue weighted by Gasteiger charge is -2.18. The Kier molecular flexibility index (Phi) is 4.77. The Morgan fingerprint density at radius 2 is 2.19 bits per heavy atom. The van der Waals surface area contributed by atoms with Gasteiger partial charge in [0.25, 0.3) is 11.6 Å². The number of nitrogens with zero attached hydrogens (tertiary/aromatic N) is 1. The van der Waals surface area contributed by atoms with Gasteiger partial charge < -0.3 is 10.6 Å². The third-order valence-electron chi connectivity index (χ3n) is 4.00. The first-order chi connectivity index (χ1) is 10.0. The lowest BCUT2D eigenvalue weighted by Crippen LogP contribution is -2.24. The van der Waals surface area contributed by atoms with Gasteiger partial charge in [-0.1, -0.05) is 13.3 Å². The van der Waals surface area contributed by atoms with Crippen LogP contribution in [-0.2, 0) is 0 Å². The zero-order chi connectivity index (χ0) is 15.4. The number of carbonyl (C=O) groups is 1. The van der Waals surface area contributed by atoms with Crippen molar-refractivity contribution < 1.29 is 9.72 Å². The Morgan fingerprint density at radius 1 is 1.43 bits per heavy atom. The normalized spacial score (nSPS) is 21.0. The summed E-state index contributed by atoms with van der Waals surface area (Å²) in [6.07, 6.45) is 3.31. The molecule has 0 spiro atoms. The molecule has 1 aromatic carbocycles. The number of anilines is 1. The van der Waals surface area contributed by atoms with E-state index in [1.807, 2.05) is 6.92 Å². The second-order valence-electron chi connectivity index (χ2n) is 5.51. The van der Waals surface area contributed by atoms with E-state index in [9.17, 15) is 14.9 Å². The summed E-state index contributed by atoms with van der Waals surface area (Å²) >= 11 is 0. The first kappa shape index (κ1) is 15.3. The first-order valence-electron chi connectivity index (χ1n) is 7.36. The Labute approximate surface area is 124 Å². The molecule has 0 aromatic heterocycles. The van der Waals surface area contributed by atoms with Gasteiger partial charge in [0.15, 0.2) is 0 Å². The maximum atomic E-state index is 11.8. The summed E-state index contributed by atoms with van der Waals surface area (Å²) < 4.78 is 0. The quantitative estimate of drug-likeness (QED) is 0.645. The molecule has 1 saturated carbocycles. The van der Waals surface area contributed by atoms with Gasteiger partial charge in [0, 0.05) is 24.2 Å². The minimum atomic E-state index is -0.440. The molecular formula is C15H21N3O3. The molecule has 1 aliphatic rings. The van der Waals surface area contributed by atoms with E-state index in [4.69, 9.17) is 0 Å². The fraction of sp³-hybridized carbons (Fsp3) is 0.533. The van der Waals surface area contributed by atoms with E-state index in [0.717, 1.165) is 19.3 Å². The van der Waals surface area contributed by atoms with Crippen molar-refractivity contribution in [1.29, 1.82) is 0 Å². The highest BCUT2D eigenvalue weighted by atomic mass is 16.6.